The zero-order chi connectivity index (χ0) is 9.84. The van der Waals surface area contributed by atoms with Crippen molar-refractivity contribution < 1.29 is 4.79 Å². The molecular formula is C10H18N2O. The topological polar surface area (TPSA) is 32.7 Å². The van der Waals surface area contributed by atoms with Crippen molar-refractivity contribution in [3.8, 4) is 0 Å². The van der Waals surface area contributed by atoms with Gasteiger partial charge in [0.25, 0.3) is 0 Å². The van der Waals surface area contributed by atoms with Crippen LogP contribution in [-0.2, 0) is 4.79 Å². The third-order valence-corrected chi connectivity index (χ3v) is 2.57. The summed E-state index contributed by atoms with van der Waals surface area (Å²) in [5.41, 5.74) is 0. The zero-order valence-corrected chi connectivity index (χ0v) is 8.66. The van der Waals surface area contributed by atoms with Crippen LogP contribution in [0.5, 0.6) is 0 Å². The Hall–Kier alpha value is -0.860. The second kappa shape index (κ2) is 4.40. The third-order valence-electron chi connectivity index (χ3n) is 2.57. The van der Waals surface area contributed by atoms with Gasteiger partial charge in [0.2, 0.25) is 5.91 Å². The van der Waals surface area contributed by atoms with Crippen molar-refractivity contribution in [2.24, 2.45) is 11.0 Å². The predicted molar refractivity (Wildman–Crippen MR) is 53.5 cm³/mol. The first-order valence-corrected chi connectivity index (χ1v) is 5.04. The number of amides is 1. The first kappa shape index (κ1) is 10.2. The van der Waals surface area contributed by atoms with Crippen molar-refractivity contribution in [3.63, 3.8) is 0 Å². The van der Waals surface area contributed by atoms with Gasteiger partial charge in [-0.1, -0.05) is 20.3 Å². The molecular weight excluding hydrogens is 164 g/mol. The third kappa shape index (κ3) is 2.08. The monoisotopic (exact) mass is 182 g/mol. The lowest BCUT2D eigenvalue weighted by atomic mass is 9.95. The molecule has 0 saturated heterocycles. The molecule has 74 valence electrons. The van der Waals surface area contributed by atoms with E-state index in [9.17, 15) is 4.79 Å². The fourth-order valence-electron chi connectivity index (χ4n) is 1.85. The van der Waals surface area contributed by atoms with Gasteiger partial charge >= 0.3 is 0 Å². The molecule has 1 aliphatic rings. The molecule has 0 unspecified atom stereocenters. The number of hydrogen-bond donors (Lipinski definition) is 0. The molecule has 1 amide bonds. The largest absolute Gasteiger partial charge is 0.273 e. The standard InChI is InChI=1S/C10H18N2O/c1-4-6-10-9(5-2)7-11-12(10)8(3)13/h7,9-10H,4-6H2,1-3H3/t9-,10+/m0/s1. The molecule has 1 rings (SSSR count). The average molecular weight is 182 g/mol. The van der Waals surface area contributed by atoms with Crippen LogP contribution in [0.25, 0.3) is 0 Å². The van der Waals surface area contributed by atoms with Crippen LogP contribution in [0.4, 0.5) is 0 Å². The van der Waals surface area contributed by atoms with Gasteiger partial charge in [-0.2, -0.15) is 5.10 Å². The zero-order valence-electron chi connectivity index (χ0n) is 8.66. The lowest BCUT2D eigenvalue weighted by Crippen LogP contribution is -2.35. The number of nitrogens with zero attached hydrogens (tertiary/aromatic N) is 2. The van der Waals surface area contributed by atoms with Gasteiger partial charge in [-0.25, -0.2) is 5.01 Å². The Balaban J connectivity index is 2.66. The molecule has 1 heterocycles. The Morgan fingerprint density at radius 3 is 2.69 bits per heavy atom. The van der Waals surface area contributed by atoms with Crippen molar-refractivity contribution in [1.82, 2.24) is 5.01 Å². The van der Waals surface area contributed by atoms with E-state index in [0.717, 1.165) is 19.3 Å². The molecule has 0 aromatic carbocycles. The summed E-state index contributed by atoms with van der Waals surface area (Å²) in [5.74, 6) is 0.523. The average Bonchev–Trinajstić information content (AvgIpc) is 2.48. The van der Waals surface area contributed by atoms with Crippen molar-refractivity contribution in [1.29, 1.82) is 0 Å². The molecule has 0 N–H and O–H groups in total. The van der Waals surface area contributed by atoms with Crippen LogP contribution in [0, 0.1) is 5.92 Å². The molecule has 0 spiro atoms. The maximum absolute atomic E-state index is 11.2. The fourth-order valence-corrected chi connectivity index (χ4v) is 1.85. The van der Waals surface area contributed by atoms with Gasteiger partial charge in [0, 0.05) is 19.1 Å². The highest BCUT2D eigenvalue weighted by Crippen LogP contribution is 2.24. The molecule has 0 saturated carbocycles. The second-order valence-electron chi connectivity index (χ2n) is 3.56. The molecule has 0 bridgehead atoms. The minimum Gasteiger partial charge on any atom is -0.273 e. The Bertz CT molecular complexity index is 213. The number of carbonyl (C=O) groups excluding carboxylic acids is 1. The Morgan fingerprint density at radius 1 is 1.54 bits per heavy atom. The minimum atomic E-state index is 0.0608. The molecule has 3 heteroatoms. The van der Waals surface area contributed by atoms with Gasteiger partial charge in [0.05, 0.1) is 6.04 Å². The molecule has 2 atom stereocenters. The Kier molecular flexibility index (Phi) is 3.46. The summed E-state index contributed by atoms with van der Waals surface area (Å²) in [6.45, 7) is 5.87. The number of rotatable bonds is 3. The molecule has 0 aromatic heterocycles. The molecule has 3 nitrogen and oxygen atoms in total. The van der Waals surface area contributed by atoms with Gasteiger partial charge in [-0.15, -0.1) is 0 Å². The Morgan fingerprint density at radius 2 is 2.23 bits per heavy atom. The number of carbonyl (C=O) groups is 1. The molecule has 0 aliphatic carbocycles. The van der Waals surface area contributed by atoms with E-state index in [1.54, 1.807) is 11.9 Å². The molecule has 1 aliphatic heterocycles. The quantitative estimate of drug-likeness (QED) is 0.657. The first-order chi connectivity index (χ1) is 6.20. The summed E-state index contributed by atoms with van der Waals surface area (Å²) >= 11 is 0. The lowest BCUT2D eigenvalue weighted by molar-refractivity contribution is -0.131. The van der Waals surface area contributed by atoms with Crippen molar-refractivity contribution in [3.05, 3.63) is 0 Å². The van der Waals surface area contributed by atoms with E-state index in [0.29, 0.717) is 12.0 Å². The van der Waals surface area contributed by atoms with E-state index in [2.05, 4.69) is 18.9 Å². The van der Waals surface area contributed by atoms with E-state index >= 15 is 0 Å². The summed E-state index contributed by atoms with van der Waals surface area (Å²) in [4.78, 5) is 11.2. The van der Waals surface area contributed by atoms with Crippen LogP contribution in [0.15, 0.2) is 5.10 Å². The van der Waals surface area contributed by atoms with Crippen LogP contribution >= 0.6 is 0 Å². The van der Waals surface area contributed by atoms with Gasteiger partial charge in [0.1, 0.15) is 0 Å². The molecule has 0 aromatic rings. The van der Waals surface area contributed by atoms with Crippen molar-refractivity contribution in [2.75, 3.05) is 0 Å². The minimum absolute atomic E-state index is 0.0608. The van der Waals surface area contributed by atoms with E-state index in [1.807, 2.05) is 6.21 Å². The first-order valence-electron chi connectivity index (χ1n) is 5.04. The molecule has 13 heavy (non-hydrogen) atoms. The lowest BCUT2D eigenvalue weighted by Gasteiger charge is -2.24. The van der Waals surface area contributed by atoms with Crippen LogP contribution < -0.4 is 0 Å². The van der Waals surface area contributed by atoms with Gasteiger partial charge in [-0.3, -0.25) is 4.79 Å². The summed E-state index contributed by atoms with van der Waals surface area (Å²) in [6.07, 6.45) is 5.14. The summed E-state index contributed by atoms with van der Waals surface area (Å²) in [7, 11) is 0. The van der Waals surface area contributed by atoms with Crippen molar-refractivity contribution >= 4 is 12.1 Å². The highest BCUT2D eigenvalue weighted by atomic mass is 16.2. The molecule has 0 radical (unpaired) electrons. The Labute approximate surface area is 79.8 Å². The van der Waals surface area contributed by atoms with E-state index in [1.165, 1.54) is 0 Å². The highest BCUT2D eigenvalue weighted by molar-refractivity contribution is 5.78. The maximum atomic E-state index is 11.2. The molecule has 0 fully saturated rings. The summed E-state index contributed by atoms with van der Waals surface area (Å²) < 4.78 is 0. The smallest absolute Gasteiger partial charge is 0.239 e. The number of hydrogen-bond acceptors (Lipinski definition) is 2. The van der Waals surface area contributed by atoms with Crippen LogP contribution in [-0.4, -0.2) is 23.2 Å². The fraction of sp³-hybridized carbons (Fsp3) is 0.800. The summed E-state index contributed by atoms with van der Waals surface area (Å²) in [6, 6.07) is 0.312. The van der Waals surface area contributed by atoms with E-state index < -0.39 is 0 Å². The van der Waals surface area contributed by atoms with E-state index in [4.69, 9.17) is 0 Å². The maximum Gasteiger partial charge on any atom is 0.239 e. The van der Waals surface area contributed by atoms with Gasteiger partial charge < -0.3 is 0 Å². The van der Waals surface area contributed by atoms with Gasteiger partial charge in [-0.05, 0) is 12.8 Å². The summed E-state index contributed by atoms with van der Waals surface area (Å²) in [5, 5.41) is 5.78. The normalized spacial score (nSPS) is 26.8. The van der Waals surface area contributed by atoms with Crippen LogP contribution in [0.3, 0.4) is 0 Å². The van der Waals surface area contributed by atoms with Crippen LogP contribution in [0.2, 0.25) is 0 Å². The number of hydrazone groups is 1. The highest BCUT2D eigenvalue weighted by Gasteiger charge is 2.30. The SMILES string of the molecule is CCC[C@@H]1[C@@H](CC)C=NN1C(C)=O. The van der Waals surface area contributed by atoms with Crippen molar-refractivity contribution in [2.45, 2.75) is 46.1 Å². The second-order valence-corrected chi connectivity index (χ2v) is 3.56. The van der Waals surface area contributed by atoms with Crippen LogP contribution in [0.1, 0.15) is 40.0 Å². The van der Waals surface area contributed by atoms with E-state index in [-0.39, 0.29) is 5.91 Å². The predicted octanol–water partition coefficient (Wildman–Crippen LogP) is 2.03. The van der Waals surface area contributed by atoms with Gasteiger partial charge in [0.15, 0.2) is 0 Å².